The first kappa shape index (κ1) is 10.2. The molecular weight excluding hydrogens is 176 g/mol. The van der Waals surface area contributed by atoms with Gasteiger partial charge in [0, 0.05) is 0 Å². The molecule has 0 aromatic carbocycles. The normalized spacial score (nSPS) is 52.9. The van der Waals surface area contributed by atoms with Crippen LogP contribution in [0.15, 0.2) is 12.2 Å². The number of hydrogen-bond donors (Lipinski definition) is 0. The summed E-state index contributed by atoms with van der Waals surface area (Å²) in [6.07, 6.45) is 6.83. The maximum absolute atomic E-state index is 5.59. The summed E-state index contributed by atoms with van der Waals surface area (Å²) in [4.78, 5) is 11.1. The first-order chi connectivity index (χ1) is 6.06. The summed E-state index contributed by atoms with van der Waals surface area (Å²) in [5.74, 6) is 0.500. The quantitative estimate of drug-likeness (QED) is 0.474. The molecule has 0 radical (unpaired) electrons. The predicted octanol–water partition coefficient (Wildman–Crippen LogP) is 3.09. The monoisotopic (exact) mass is 196 g/mol. The fraction of sp³-hybridized carbons (Fsp3) is 0.833. The lowest BCUT2D eigenvalue weighted by molar-refractivity contribution is -0.345. The minimum absolute atomic E-state index is 0. The molecule has 2 heteroatoms. The largest absolute Gasteiger partial charge is 0.228 e. The molecule has 1 heterocycles. The molecule has 0 aromatic rings. The van der Waals surface area contributed by atoms with Gasteiger partial charge in [0.15, 0.2) is 0 Å². The van der Waals surface area contributed by atoms with Crippen molar-refractivity contribution in [1.82, 2.24) is 0 Å². The van der Waals surface area contributed by atoms with E-state index < -0.39 is 0 Å². The Morgan fingerprint density at radius 1 is 1.14 bits per heavy atom. The Morgan fingerprint density at radius 2 is 1.86 bits per heavy atom. The molecule has 0 aromatic heterocycles. The van der Waals surface area contributed by atoms with Gasteiger partial charge in [-0.05, 0) is 25.7 Å². The summed E-state index contributed by atoms with van der Waals surface area (Å²) in [5, 5.41) is 0. The molecule has 3 aliphatic rings. The Balaban J connectivity index is 0.000000750. The molecule has 0 bridgehead atoms. The second-order valence-electron chi connectivity index (χ2n) is 5.15. The van der Waals surface area contributed by atoms with Crippen LogP contribution in [0.1, 0.15) is 41.0 Å². The average molecular weight is 196 g/mol. The van der Waals surface area contributed by atoms with E-state index in [4.69, 9.17) is 9.78 Å². The van der Waals surface area contributed by atoms with Crippen molar-refractivity contribution in [3.63, 3.8) is 0 Å². The van der Waals surface area contributed by atoms with Gasteiger partial charge in [0.25, 0.3) is 0 Å². The molecule has 1 aliphatic heterocycles. The van der Waals surface area contributed by atoms with E-state index >= 15 is 0 Å². The Hall–Kier alpha value is -0.340. The highest BCUT2D eigenvalue weighted by Gasteiger charge is 2.77. The van der Waals surface area contributed by atoms with Crippen LogP contribution in [0, 0.1) is 11.3 Å². The van der Waals surface area contributed by atoms with E-state index in [9.17, 15) is 0 Å². The Kier molecular flexibility index (Phi) is 1.76. The first-order valence-electron chi connectivity index (χ1n) is 5.14. The van der Waals surface area contributed by atoms with E-state index in [1.54, 1.807) is 0 Å². The highest BCUT2D eigenvalue weighted by molar-refractivity contribution is 5.40. The van der Waals surface area contributed by atoms with Crippen molar-refractivity contribution < 1.29 is 9.78 Å². The van der Waals surface area contributed by atoms with Gasteiger partial charge < -0.3 is 0 Å². The van der Waals surface area contributed by atoms with Crippen LogP contribution in [0.5, 0.6) is 0 Å². The van der Waals surface area contributed by atoms with Gasteiger partial charge in [-0.1, -0.05) is 33.4 Å². The Morgan fingerprint density at radius 3 is 2.14 bits per heavy atom. The van der Waals surface area contributed by atoms with Crippen LogP contribution in [-0.4, -0.2) is 11.2 Å². The van der Waals surface area contributed by atoms with Gasteiger partial charge in [0.2, 0.25) is 0 Å². The van der Waals surface area contributed by atoms with Gasteiger partial charge >= 0.3 is 0 Å². The van der Waals surface area contributed by atoms with E-state index in [0.29, 0.717) is 5.92 Å². The SMILES string of the molecule is C.CC(C)C12C=CC13CCC3(C)OO2. The van der Waals surface area contributed by atoms with Gasteiger partial charge in [-0.2, -0.15) is 0 Å². The van der Waals surface area contributed by atoms with Gasteiger partial charge in [-0.25, -0.2) is 9.78 Å². The van der Waals surface area contributed by atoms with Gasteiger partial charge in [-0.3, -0.25) is 0 Å². The van der Waals surface area contributed by atoms with Crippen LogP contribution in [-0.2, 0) is 9.78 Å². The van der Waals surface area contributed by atoms with Crippen LogP contribution in [0.25, 0.3) is 0 Å². The number of hydrogen-bond acceptors (Lipinski definition) is 2. The summed E-state index contributed by atoms with van der Waals surface area (Å²) in [7, 11) is 0. The lowest BCUT2D eigenvalue weighted by Crippen LogP contribution is -2.66. The topological polar surface area (TPSA) is 18.5 Å². The molecular formula is C12H20O2. The molecule has 0 amide bonds. The number of rotatable bonds is 1. The van der Waals surface area contributed by atoms with E-state index in [-0.39, 0.29) is 24.0 Å². The fourth-order valence-corrected chi connectivity index (χ4v) is 3.25. The molecule has 1 saturated heterocycles. The molecule has 2 nitrogen and oxygen atoms in total. The molecule has 3 unspecified atom stereocenters. The first-order valence-corrected chi connectivity index (χ1v) is 5.14. The van der Waals surface area contributed by atoms with Crippen molar-refractivity contribution >= 4 is 0 Å². The molecule has 3 rings (SSSR count). The minimum Gasteiger partial charge on any atom is -0.228 e. The summed E-state index contributed by atoms with van der Waals surface area (Å²) in [6.45, 7) is 6.58. The molecule has 80 valence electrons. The van der Waals surface area contributed by atoms with Crippen molar-refractivity contribution in [2.45, 2.75) is 52.2 Å². The maximum atomic E-state index is 5.59. The molecule has 2 aliphatic carbocycles. The Bertz CT molecular complexity index is 291. The van der Waals surface area contributed by atoms with Gasteiger partial charge in [0.05, 0.1) is 5.41 Å². The highest BCUT2D eigenvalue weighted by Crippen LogP contribution is 2.71. The van der Waals surface area contributed by atoms with Crippen LogP contribution in [0.3, 0.4) is 0 Å². The molecule has 1 saturated carbocycles. The zero-order valence-corrected chi connectivity index (χ0v) is 8.46. The third kappa shape index (κ3) is 0.664. The zero-order valence-electron chi connectivity index (χ0n) is 8.46. The van der Waals surface area contributed by atoms with Crippen molar-refractivity contribution in [1.29, 1.82) is 0 Å². The summed E-state index contributed by atoms with van der Waals surface area (Å²) in [5.41, 5.74) is 0.0557. The smallest absolute Gasteiger partial charge is 0.136 e. The second-order valence-corrected chi connectivity index (χ2v) is 5.15. The molecule has 0 N–H and O–H groups in total. The van der Waals surface area contributed by atoms with Crippen LogP contribution in [0.4, 0.5) is 0 Å². The van der Waals surface area contributed by atoms with Crippen molar-refractivity contribution in [3.8, 4) is 0 Å². The van der Waals surface area contributed by atoms with Crippen molar-refractivity contribution in [2.24, 2.45) is 11.3 Å². The molecule has 1 spiro atoms. The molecule has 14 heavy (non-hydrogen) atoms. The third-order valence-corrected chi connectivity index (χ3v) is 4.47. The second kappa shape index (κ2) is 2.42. The maximum Gasteiger partial charge on any atom is 0.136 e. The summed E-state index contributed by atoms with van der Waals surface area (Å²) >= 11 is 0. The van der Waals surface area contributed by atoms with Crippen LogP contribution >= 0.6 is 0 Å². The van der Waals surface area contributed by atoms with Crippen molar-refractivity contribution in [2.75, 3.05) is 0 Å². The van der Waals surface area contributed by atoms with Crippen LogP contribution < -0.4 is 0 Å². The standard InChI is InChI=1S/C11H16O2.CH4/c1-8(2)11-7-6-10(11)5-4-9(10,3)12-13-11;/h6-8H,4-5H2,1-3H3;1H4. The van der Waals surface area contributed by atoms with E-state index in [0.717, 1.165) is 6.42 Å². The predicted molar refractivity (Wildman–Crippen MR) is 55.7 cm³/mol. The van der Waals surface area contributed by atoms with E-state index in [1.807, 2.05) is 0 Å². The van der Waals surface area contributed by atoms with Gasteiger partial charge in [-0.15, -0.1) is 0 Å². The molecule has 2 fully saturated rings. The fourth-order valence-electron chi connectivity index (χ4n) is 3.25. The lowest BCUT2D eigenvalue weighted by Gasteiger charge is -2.59. The lowest BCUT2D eigenvalue weighted by atomic mass is 9.43. The highest BCUT2D eigenvalue weighted by atomic mass is 17.2. The summed E-state index contributed by atoms with van der Waals surface area (Å²) < 4.78 is 0. The average Bonchev–Trinajstić information content (AvgIpc) is 2.09. The van der Waals surface area contributed by atoms with Gasteiger partial charge in [0.1, 0.15) is 11.2 Å². The summed E-state index contributed by atoms with van der Waals surface area (Å²) in [6, 6.07) is 0. The molecule has 3 atom stereocenters. The zero-order chi connectivity index (χ0) is 9.32. The van der Waals surface area contributed by atoms with Crippen molar-refractivity contribution in [3.05, 3.63) is 12.2 Å². The van der Waals surface area contributed by atoms with Crippen LogP contribution in [0.2, 0.25) is 0 Å². The van der Waals surface area contributed by atoms with E-state index in [1.165, 1.54) is 6.42 Å². The minimum atomic E-state index is -0.111. The third-order valence-electron chi connectivity index (χ3n) is 4.47. The van der Waals surface area contributed by atoms with E-state index in [2.05, 4.69) is 32.9 Å². The Labute approximate surface area is 86.2 Å².